The summed E-state index contributed by atoms with van der Waals surface area (Å²) in [6.45, 7) is 4.49. The Hall–Kier alpha value is -2.76. The normalized spacial score (nSPS) is 28.1. The number of β-lactam (4-membered cyclic amide) rings is 1. The molecular formula is C26H35N3O7S. The number of carbonyl (C=O) groups excluding carboxylic acids is 2. The summed E-state index contributed by atoms with van der Waals surface area (Å²) in [6, 6.07) is 4.80. The summed E-state index contributed by atoms with van der Waals surface area (Å²) in [5, 5.41) is 20.0. The zero-order valence-electron chi connectivity index (χ0n) is 22.0. The van der Waals surface area contributed by atoms with Crippen molar-refractivity contribution >= 4 is 29.5 Å². The van der Waals surface area contributed by atoms with Gasteiger partial charge < -0.3 is 29.5 Å². The molecule has 1 aromatic carbocycles. The largest absolute Gasteiger partial charge is 0.497 e. The van der Waals surface area contributed by atoms with E-state index in [9.17, 15) is 24.6 Å². The van der Waals surface area contributed by atoms with Gasteiger partial charge in [-0.3, -0.25) is 14.5 Å². The van der Waals surface area contributed by atoms with E-state index in [0.717, 1.165) is 5.56 Å². The minimum absolute atomic E-state index is 0.00722. The van der Waals surface area contributed by atoms with Crippen molar-refractivity contribution in [2.45, 2.75) is 50.3 Å². The predicted molar refractivity (Wildman–Crippen MR) is 138 cm³/mol. The Morgan fingerprint density at radius 2 is 1.95 bits per heavy atom. The van der Waals surface area contributed by atoms with Gasteiger partial charge in [0, 0.05) is 48.8 Å². The van der Waals surface area contributed by atoms with Gasteiger partial charge in [0.05, 0.1) is 38.3 Å². The van der Waals surface area contributed by atoms with Gasteiger partial charge in [0.1, 0.15) is 17.2 Å². The number of likely N-dealkylation sites (tertiary alicyclic amines) is 1. The molecule has 0 aliphatic carbocycles. The van der Waals surface area contributed by atoms with E-state index in [1.807, 2.05) is 25.1 Å². The molecule has 2 amide bonds. The SMILES string of the molecule is COc1ccc(OC)c(CN2CC(SC3=C(C(=O)O)N4C(=O)C(C(C)O)C4C3C)CC2C(=O)N(C)C)c1. The molecule has 1 aromatic rings. The lowest BCUT2D eigenvalue weighted by molar-refractivity contribution is -0.163. The molecule has 6 atom stereocenters. The van der Waals surface area contributed by atoms with E-state index in [1.54, 1.807) is 40.1 Å². The van der Waals surface area contributed by atoms with E-state index in [2.05, 4.69) is 4.90 Å². The molecular weight excluding hydrogens is 498 g/mol. The highest BCUT2D eigenvalue weighted by Crippen LogP contribution is 2.52. The minimum atomic E-state index is -1.15. The lowest BCUT2D eigenvalue weighted by atomic mass is 9.79. The Morgan fingerprint density at radius 1 is 1.24 bits per heavy atom. The molecule has 3 aliphatic heterocycles. The van der Waals surface area contributed by atoms with Crippen molar-refractivity contribution in [1.82, 2.24) is 14.7 Å². The van der Waals surface area contributed by atoms with Gasteiger partial charge in [0.25, 0.3) is 0 Å². The number of aliphatic hydroxyl groups is 1. The third-order valence-corrected chi connectivity index (χ3v) is 9.05. The van der Waals surface area contributed by atoms with Gasteiger partial charge in [-0.25, -0.2) is 4.79 Å². The summed E-state index contributed by atoms with van der Waals surface area (Å²) in [5.41, 5.74) is 0.894. The van der Waals surface area contributed by atoms with Crippen molar-refractivity contribution in [2.75, 3.05) is 34.9 Å². The van der Waals surface area contributed by atoms with Crippen LogP contribution < -0.4 is 9.47 Å². The predicted octanol–water partition coefficient (Wildman–Crippen LogP) is 1.62. The second-order valence-electron chi connectivity index (χ2n) is 10.1. The average Bonchev–Trinajstić information content (AvgIpc) is 3.34. The van der Waals surface area contributed by atoms with Crippen molar-refractivity contribution in [3.8, 4) is 11.5 Å². The first kappa shape index (κ1) is 27.3. The number of ether oxygens (including phenoxy) is 2. The lowest BCUT2D eigenvalue weighted by Gasteiger charge is -2.46. The number of benzene rings is 1. The Bertz CT molecular complexity index is 1120. The van der Waals surface area contributed by atoms with Crippen molar-refractivity contribution < 1.29 is 34.1 Å². The minimum Gasteiger partial charge on any atom is -0.497 e. The Labute approximate surface area is 221 Å². The van der Waals surface area contributed by atoms with Gasteiger partial charge in [-0.15, -0.1) is 11.8 Å². The Morgan fingerprint density at radius 3 is 2.51 bits per heavy atom. The molecule has 10 nitrogen and oxygen atoms in total. The van der Waals surface area contributed by atoms with Gasteiger partial charge in [-0.1, -0.05) is 6.92 Å². The van der Waals surface area contributed by atoms with Crippen LogP contribution in [0.5, 0.6) is 11.5 Å². The smallest absolute Gasteiger partial charge is 0.353 e. The first-order valence-electron chi connectivity index (χ1n) is 12.3. The van der Waals surface area contributed by atoms with Crippen LogP contribution in [0.3, 0.4) is 0 Å². The zero-order valence-corrected chi connectivity index (χ0v) is 22.8. The van der Waals surface area contributed by atoms with E-state index < -0.39 is 24.0 Å². The number of likely N-dealkylation sites (N-methyl/N-ethyl adjacent to an activating group) is 1. The van der Waals surface area contributed by atoms with Crippen LogP contribution in [-0.4, -0.2) is 101 Å². The second-order valence-corrected chi connectivity index (χ2v) is 11.4. The highest BCUT2D eigenvalue weighted by molar-refractivity contribution is 8.03. The molecule has 0 spiro atoms. The number of aliphatic carboxylic acids is 1. The summed E-state index contributed by atoms with van der Waals surface area (Å²) in [5.74, 6) is -0.959. The zero-order chi connectivity index (χ0) is 27.2. The number of rotatable bonds is 9. The topological polar surface area (TPSA) is 120 Å². The van der Waals surface area contributed by atoms with Gasteiger partial charge >= 0.3 is 5.97 Å². The number of thioether (sulfide) groups is 1. The van der Waals surface area contributed by atoms with Crippen LogP contribution in [0, 0.1) is 11.8 Å². The van der Waals surface area contributed by atoms with Crippen LogP contribution in [0.1, 0.15) is 25.8 Å². The number of carbonyl (C=O) groups is 3. The highest BCUT2D eigenvalue weighted by Gasteiger charge is 2.60. The van der Waals surface area contributed by atoms with Crippen molar-refractivity contribution in [3.05, 3.63) is 34.4 Å². The molecule has 0 aromatic heterocycles. The van der Waals surface area contributed by atoms with Crippen molar-refractivity contribution in [2.24, 2.45) is 11.8 Å². The highest BCUT2D eigenvalue weighted by atomic mass is 32.2. The Balaban J connectivity index is 1.60. The second kappa shape index (κ2) is 10.5. The number of aliphatic hydroxyl groups excluding tert-OH is 1. The third kappa shape index (κ3) is 4.80. The molecule has 0 bridgehead atoms. The lowest BCUT2D eigenvalue weighted by Crippen LogP contribution is -2.63. The van der Waals surface area contributed by atoms with Crippen LogP contribution in [0.2, 0.25) is 0 Å². The molecule has 11 heteroatoms. The molecule has 37 heavy (non-hydrogen) atoms. The fourth-order valence-corrected chi connectivity index (χ4v) is 7.31. The number of methoxy groups -OCH3 is 2. The van der Waals surface area contributed by atoms with Crippen LogP contribution in [0.25, 0.3) is 0 Å². The molecule has 3 heterocycles. The van der Waals surface area contributed by atoms with E-state index >= 15 is 0 Å². The molecule has 2 saturated heterocycles. The maximum atomic E-state index is 13.2. The summed E-state index contributed by atoms with van der Waals surface area (Å²) in [6.07, 6.45) is -0.312. The van der Waals surface area contributed by atoms with Crippen LogP contribution >= 0.6 is 11.8 Å². The number of hydrogen-bond acceptors (Lipinski definition) is 8. The third-order valence-electron chi connectivity index (χ3n) is 7.56. The van der Waals surface area contributed by atoms with Gasteiger partial charge in [-0.2, -0.15) is 0 Å². The number of nitrogens with zero attached hydrogens (tertiary/aromatic N) is 3. The Kier molecular flexibility index (Phi) is 7.77. The van der Waals surface area contributed by atoms with Gasteiger partial charge in [0.2, 0.25) is 11.8 Å². The van der Waals surface area contributed by atoms with Crippen LogP contribution in [0.15, 0.2) is 28.8 Å². The van der Waals surface area contributed by atoms with Crippen LogP contribution in [-0.2, 0) is 20.9 Å². The number of fused-ring (bicyclic) bond motifs is 1. The quantitative estimate of drug-likeness (QED) is 0.456. The number of amides is 2. The first-order chi connectivity index (χ1) is 17.5. The van der Waals surface area contributed by atoms with E-state index in [1.165, 1.54) is 16.7 Å². The van der Waals surface area contributed by atoms with E-state index in [4.69, 9.17) is 9.47 Å². The summed E-state index contributed by atoms with van der Waals surface area (Å²) >= 11 is 1.44. The maximum Gasteiger partial charge on any atom is 0.353 e. The number of carboxylic acids is 1. The summed E-state index contributed by atoms with van der Waals surface area (Å²) in [4.78, 5) is 43.7. The molecule has 202 valence electrons. The molecule has 0 radical (unpaired) electrons. The molecule has 3 aliphatic rings. The summed E-state index contributed by atoms with van der Waals surface area (Å²) < 4.78 is 10.9. The molecule has 4 rings (SSSR count). The fraction of sp³-hybridized carbons (Fsp3) is 0.577. The molecule has 2 fully saturated rings. The number of carboxylic acid groups (broad SMARTS) is 1. The molecule has 0 saturated carbocycles. The maximum absolute atomic E-state index is 13.2. The van der Waals surface area contributed by atoms with Crippen LogP contribution in [0.4, 0.5) is 0 Å². The van der Waals surface area contributed by atoms with Crippen molar-refractivity contribution in [1.29, 1.82) is 0 Å². The molecule has 6 unspecified atom stereocenters. The summed E-state index contributed by atoms with van der Waals surface area (Å²) in [7, 11) is 6.65. The molecule has 2 N–H and O–H groups in total. The fourth-order valence-electron chi connectivity index (χ4n) is 5.76. The van der Waals surface area contributed by atoms with Crippen molar-refractivity contribution in [3.63, 3.8) is 0 Å². The monoisotopic (exact) mass is 533 g/mol. The van der Waals surface area contributed by atoms with E-state index in [-0.39, 0.29) is 34.7 Å². The average molecular weight is 534 g/mol. The van der Waals surface area contributed by atoms with Gasteiger partial charge in [0.15, 0.2) is 0 Å². The number of hydrogen-bond donors (Lipinski definition) is 2. The standard InChI is InChI=1S/C26H35N3O7S/c1-13-21-20(14(2)30)25(32)29(21)22(26(33)34)23(13)37-17-10-18(24(31)27(3)4)28(12-17)11-15-9-16(35-5)7-8-19(15)36-6/h7-9,13-14,17-18,20-21,30H,10-12H2,1-6H3,(H,33,34). The van der Waals surface area contributed by atoms with Gasteiger partial charge in [-0.05, 0) is 31.5 Å². The van der Waals surface area contributed by atoms with E-state index in [0.29, 0.717) is 35.9 Å². The first-order valence-corrected chi connectivity index (χ1v) is 13.2.